The van der Waals surface area contributed by atoms with Gasteiger partial charge < -0.3 is 4.74 Å². The predicted octanol–water partition coefficient (Wildman–Crippen LogP) is 2.61. The number of ether oxygens (including phenoxy) is 1. The van der Waals surface area contributed by atoms with Crippen molar-refractivity contribution in [1.29, 1.82) is 5.26 Å². The molecular formula is C13H12N4O3. The van der Waals surface area contributed by atoms with Gasteiger partial charge in [0.2, 0.25) is 0 Å². The van der Waals surface area contributed by atoms with E-state index in [0.717, 1.165) is 5.69 Å². The van der Waals surface area contributed by atoms with E-state index in [0.29, 0.717) is 17.2 Å². The van der Waals surface area contributed by atoms with Crippen LogP contribution in [-0.4, -0.2) is 14.7 Å². The zero-order valence-corrected chi connectivity index (χ0v) is 11.2. The van der Waals surface area contributed by atoms with Crippen molar-refractivity contribution in [3.63, 3.8) is 0 Å². The van der Waals surface area contributed by atoms with Crippen LogP contribution in [0.5, 0.6) is 11.5 Å². The first-order valence-corrected chi connectivity index (χ1v) is 5.80. The first-order chi connectivity index (χ1) is 9.43. The topological polar surface area (TPSA) is 94.0 Å². The van der Waals surface area contributed by atoms with Gasteiger partial charge in [0, 0.05) is 19.2 Å². The van der Waals surface area contributed by atoms with Gasteiger partial charge in [-0.05, 0) is 19.9 Å². The van der Waals surface area contributed by atoms with E-state index in [2.05, 4.69) is 5.10 Å². The molecule has 0 aliphatic heterocycles. The monoisotopic (exact) mass is 272 g/mol. The normalized spacial score (nSPS) is 10.1. The molecular weight excluding hydrogens is 260 g/mol. The molecule has 0 amide bonds. The lowest BCUT2D eigenvalue weighted by atomic mass is 10.2. The van der Waals surface area contributed by atoms with E-state index in [9.17, 15) is 10.1 Å². The van der Waals surface area contributed by atoms with E-state index in [-0.39, 0.29) is 11.3 Å². The van der Waals surface area contributed by atoms with Crippen LogP contribution < -0.4 is 4.74 Å². The minimum atomic E-state index is -0.594. The first-order valence-electron chi connectivity index (χ1n) is 5.80. The quantitative estimate of drug-likeness (QED) is 0.632. The van der Waals surface area contributed by atoms with Gasteiger partial charge in [0.05, 0.1) is 10.6 Å². The number of nitro groups is 1. The molecule has 0 radical (unpaired) electrons. The second kappa shape index (κ2) is 5.01. The molecule has 7 heteroatoms. The van der Waals surface area contributed by atoms with E-state index in [1.54, 1.807) is 24.7 Å². The lowest BCUT2D eigenvalue weighted by Gasteiger charge is -2.06. The fraction of sp³-hybridized carbons (Fsp3) is 0.231. The number of nitrogens with zero attached hydrogens (tertiary/aromatic N) is 4. The van der Waals surface area contributed by atoms with Crippen LogP contribution in [0.15, 0.2) is 18.2 Å². The second-order valence-electron chi connectivity index (χ2n) is 4.27. The maximum Gasteiger partial charge on any atom is 0.287 e. The first kappa shape index (κ1) is 13.5. The Hall–Kier alpha value is -2.88. The molecule has 0 spiro atoms. The maximum absolute atomic E-state index is 10.8. The smallest absolute Gasteiger partial charge is 0.287 e. The van der Waals surface area contributed by atoms with Gasteiger partial charge in [0.1, 0.15) is 23.1 Å². The summed E-state index contributed by atoms with van der Waals surface area (Å²) in [5.74, 6) is 0.955. The Bertz CT molecular complexity index is 728. The van der Waals surface area contributed by atoms with Gasteiger partial charge in [-0.15, -0.1) is 0 Å². The molecule has 2 aromatic rings. The molecule has 0 bridgehead atoms. The molecule has 0 fully saturated rings. The van der Waals surface area contributed by atoms with E-state index in [1.165, 1.54) is 18.2 Å². The Kier molecular flexibility index (Phi) is 3.39. The van der Waals surface area contributed by atoms with Gasteiger partial charge in [-0.2, -0.15) is 10.4 Å². The Morgan fingerprint density at radius 3 is 2.65 bits per heavy atom. The lowest BCUT2D eigenvalue weighted by Crippen LogP contribution is -1.95. The highest BCUT2D eigenvalue weighted by Gasteiger charge is 2.16. The third-order valence-electron chi connectivity index (χ3n) is 2.95. The van der Waals surface area contributed by atoms with Gasteiger partial charge in [0.15, 0.2) is 5.75 Å². The molecule has 2 rings (SSSR count). The fourth-order valence-electron chi connectivity index (χ4n) is 1.85. The van der Waals surface area contributed by atoms with Gasteiger partial charge in [-0.3, -0.25) is 14.8 Å². The van der Waals surface area contributed by atoms with Crippen LogP contribution in [0.2, 0.25) is 0 Å². The summed E-state index contributed by atoms with van der Waals surface area (Å²) in [6, 6.07) is 5.87. The summed E-state index contributed by atoms with van der Waals surface area (Å²) in [5.41, 5.74) is 1.27. The van der Waals surface area contributed by atoms with Crippen LogP contribution >= 0.6 is 0 Å². The Balaban J connectivity index is 2.40. The number of rotatable bonds is 3. The number of hydrogen-bond acceptors (Lipinski definition) is 5. The Labute approximate surface area is 115 Å². The van der Waals surface area contributed by atoms with Gasteiger partial charge >= 0.3 is 0 Å². The molecule has 20 heavy (non-hydrogen) atoms. The summed E-state index contributed by atoms with van der Waals surface area (Å²) >= 11 is 0. The van der Waals surface area contributed by atoms with Crippen molar-refractivity contribution in [3.8, 4) is 17.6 Å². The molecule has 0 aliphatic carbocycles. The van der Waals surface area contributed by atoms with Crippen molar-refractivity contribution in [1.82, 2.24) is 9.78 Å². The van der Waals surface area contributed by atoms with Crippen LogP contribution in [0, 0.1) is 35.3 Å². The van der Waals surface area contributed by atoms with E-state index >= 15 is 0 Å². The number of nitriles is 1. The van der Waals surface area contributed by atoms with Crippen molar-refractivity contribution in [2.45, 2.75) is 13.8 Å². The number of hydrogen-bond donors (Lipinski definition) is 0. The van der Waals surface area contributed by atoms with Gasteiger partial charge in [-0.25, -0.2) is 0 Å². The molecule has 0 saturated heterocycles. The summed E-state index contributed by atoms with van der Waals surface area (Å²) in [7, 11) is 1.80. The standard InChI is InChI=1S/C13H12N4O3/c1-8-13(9(2)16(3)15-8)20-11-4-5-12(17(18)19)10(6-11)7-14/h4-6H,1-3H3. The summed E-state index contributed by atoms with van der Waals surface area (Å²) in [6.07, 6.45) is 0. The fourth-order valence-corrected chi connectivity index (χ4v) is 1.85. The summed E-state index contributed by atoms with van der Waals surface area (Å²) in [6.45, 7) is 3.66. The second-order valence-corrected chi connectivity index (χ2v) is 4.27. The molecule has 1 heterocycles. The van der Waals surface area contributed by atoms with E-state index < -0.39 is 4.92 Å². The largest absolute Gasteiger partial charge is 0.453 e. The molecule has 1 aromatic heterocycles. The average Bonchev–Trinajstić information content (AvgIpc) is 2.65. The molecule has 1 aromatic carbocycles. The molecule has 0 aliphatic rings. The number of aromatic nitrogens is 2. The molecule has 0 saturated carbocycles. The summed E-state index contributed by atoms with van der Waals surface area (Å²) in [4.78, 5) is 10.2. The third kappa shape index (κ3) is 2.31. The molecule has 7 nitrogen and oxygen atoms in total. The van der Waals surface area contributed by atoms with Crippen LogP contribution in [-0.2, 0) is 7.05 Å². The Morgan fingerprint density at radius 1 is 1.45 bits per heavy atom. The third-order valence-corrected chi connectivity index (χ3v) is 2.95. The highest BCUT2D eigenvalue weighted by Crippen LogP contribution is 2.30. The predicted molar refractivity (Wildman–Crippen MR) is 70.6 cm³/mol. The highest BCUT2D eigenvalue weighted by molar-refractivity contribution is 5.53. The minimum Gasteiger partial charge on any atom is -0.453 e. The zero-order chi connectivity index (χ0) is 14.9. The van der Waals surface area contributed by atoms with Crippen molar-refractivity contribution in [3.05, 3.63) is 45.3 Å². The molecule has 0 N–H and O–H groups in total. The van der Waals surface area contributed by atoms with E-state index in [1.807, 2.05) is 6.92 Å². The molecule has 0 unspecified atom stereocenters. The lowest BCUT2D eigenvalue weighted by molar-refractivity contribution is -0.385. The van der Waals surface area contributed by atoms with Gasteiger partial charge in [0.25, 0.3) is 5.69 Å². The summed E-state index contributed by atoms with van der Waals surface area (Å²) in [5, 5.41) is 23.9. The number of nitro benzene ring substituents is 1. The SMILES string of the molecule is Cc1nn(C)c(C)c1Oc1ccc([N+](=O)[O-])c(C#N)c1. The van der Waals surface area contributed by atoms with Crippen LogP contribution in [0.1, 0.15) is 17.0 Å². The molecule has 102 valence electrons. The average molecular weight is 272 g/mol. The summed E-state index contributed by atoms with van der Waals surface area (Å²) < 4.78 is 7.36. The van der Waals surface area contributed by atoms with Crippen molar-refractivity contribution in [2.24, 2.45) is 7.05 Å². The maximum atomic E-state index is 10.8. The van der Waals surface area contributed by atoms with Crippen LogP contribution in [0.3, 0.4) is 0 Å². The van der Waals surface area contributed by atoms with Gasteiger partial charge in [-0.1, -0.05) is 0 Å². The van der Waals surface area contributed by atoms with Crippen molar-refractivity contribution < 1.29 is 9.66 Å². The van der Waals surface area contributed by atoms with E-state index in [4.69, 9.17) is 10.00 Å². The minimum absolute atomic E-state index is 0.0355. The zero-order valence-electron chi connectivity index (χ0n) is 11.2. The van der Waals surface area contributed by atoms with Crippen LogP contribution in [0.4, 0.5) is 5.69 Å². The molecule has 0 atom stereocenters. The number of benzene rings is 1. The van der Waals surface area contributed by atoms with Crippen LogP contribution in [0.25, 0.3) is 0 Å². The van der Waals surface area contributed by atoms with Crippen molar-refractivity contribution >= 4 is 5.69 Å². The Morgan fingerprint density at radius 2 is 2.15 bits per heavy atom. The highest BCUT2D eigenvalue weighted by atomic mass is 16.6. The number of aryl methyl sites for hydroxylation is 2. The van der Waals surface area contributed by atoms with Crippen molar-refractivity contribution in [2.75, 3.05) is 0 Å².